The quantitative estimate of drug-likeness (QED) is 0.493. The van der Waals surface area contributed by atoms with Crippen LogP contribution in [0.4, 0.5) is 20.3 Å². The van der Waals surface area contributed by atoms with Gasteiger partial charge >= 0.3 is 0 Å². The van der Waals surface area contributed by atoms with Gasteiger partial charge in [0.2, 0.25) is 12.3 Å². The summed E-state index contributed by atoms with van der Waals surface area (Å²) in [5, 5.41) is 19.9. The van der Waals surface area contributed by atoms with E-state index in [1.165, 1.54) is 10.7 Å². The van der Waals surface area contributed by atoms with Crippen LogP contribution < -0.4 is 20.3 Å². The van der Waals surface area contributed by atoms with Crippen molar-refractivity contribution >= 4 is 23.1 Å². The van der Waals surface area contributed by atoms with Gasteiger partial charge in [0.25, 0.3) is 5.91 Å². The average molecular weight is 473 g/mol. The Kier molecular flexibility index (Phi) is 5.78. The smallest absolute Gasteiger partial charge is 0.261 e. The molecule has 0 bridgehead atoms. The zero-order valence-corrected chi connectivity index (χ0v) is 18.5. The Hall–Kier alpha value is -3.38. The van der Waals surface area contributed by atoms with Crippen molar-refractivity contribution in [1.29, 1.82) is 0 Å². The number of pyridine rings is 1. The van der Waals surface area contributed by atoms with Gasteiger partial charge in [0.05, 0.1) is 18.5 Å². The molecule has 10 nitrogen and oxygen atoms in total. The number of piperazine rings is 1. The molecule has 34 heavy (non-hydrogen) atoms. The highest BCUT2D eigenvalue weighted by Crippen LogP contribution is 2.40. The molecule has 180 valence electrons. The van der Waals surface area contributed by atoms with Crippen molar-refractivity contribution < 1.29 is 23.4 Å². The number of nitrogens with one attached hydrogen (secondary N) is 2. The van der Waals surface area contributed by atoms with Gasteiger partial charge in [-0.1, -0.05) is 0 Å². The molecular weight excluding hydrogens is 448 g/mol. The molecule has 0 spiro atoms. The SMILES string of the molecule is C[C@]1(CO)Cc2cc(NC(=O)c3cnn4cccnc34)c(N3CCNCC3CC(F)F)nc2O1. The number of carbonyl (C=O) groups excluding carboxylic acids is 1. The normalized spacial score (nSPS) is 22.1. The summed E-state index contributed by atoms with van der Waals surface area (Å²) in [7, 11) is 0. The molecule has 1 fully saturated rings. The molecule has 5 rings (SSSR count). The minimum Gasteiger partial charge on any atom is -0.468 e. The highest BCUT2D eigenvalue weighted by Gasteiger charge is 2.38. The number of nitrogens with zero attached hydrogens (tertiary/aromatic N) is 5. The number of aromatic nitrogens is 4. The number of halogens is 2. The Morgan fingerprint density at radius 2 is 2.32 bits per heavy atom. The fourth-order valence-electron chi connectivity index (χ4n) is 4.45. The van der Waals surface area contributed by atoms with Crippen LogP contribution in [0.2, 0.25) is 0 Å². The maximum Gasteiger partial charge on any atom is 0.261 e. The van der Waals surface area contributed by atoms with Gasteiger partial charge in [0, 0.05) is 56.5 Å². The third-order valence-electron chi connectivity index (χ3n) is 6.13. The fraction of sp³-hybridized carbons (Fsp3) is 0.455. The van der Waals surface area contributed by atoms with Crippen molar-refractivity contribution in [3.05, 3.63) is 41.9 Å². The number of ether oxygens (including phenoxy) is 1. The third kappa shape index (κ3) is 4.14. The zero-order chi connectivity index (χ0) is 23.9. The maximum atomic E-state index is 13.3. The summed E-state index contributed by atoms with van der Waals surface area (Å²) in [6.45, 7) is 2.93. The first-order valence-corrected chi connectivity index (χ1v) is 11.1. The second kappa shape index (κ2) is 8.76. The summed E-state index contributed by atoms with van der Waals surface area (Å²) in [5.74, 6) is 0.239. The van der Waals surface area contributed by atoms with E-state index in [0.717, 1.165) is 0 Å². The van der Waals surface area contributed by atoms with E-state index in [-0.39, 0.29) is 18.6 Å². The topological polar surface area (TPSA) is 117 Å². The molecule has 0 saturated carbocycles. The molecule has 2 aliphatic heterocycles. The van der Waals surface area contributed by atoms with E-state index < -0.39 is 24.0 Å². The predicted octanol–water partition coefficient (Wildman–Crippen LogP) is 1.50. The molecule has 1 amide bonds. The molecule has 3 aromatic rings. The summed E-state index contributed by atoms with van der Waals surface area (Å²) in [5.41, 5.74) is 0.922. The average Bonchev–Trinajstić information content (AvgIpc) is 3.39. The van der Waals surface area contributed by atoms with Crippen molar-refractivity contribution in [2.45, 2.75) is 37.8 Å². The first-order chi connectivity index (χ1) is 16.4. The Morgan fingerprint density at radius 3 is 3.12 bits per heavy atom. The summed E-state index contributed by atoms with van der Waals surface area (Å²) >= 11 is 0. The maximum absolute atomic E-state index is 13.3. The Balaban J connectivity index is 1.54. The molecular formula is C22H25F2N7O3. The molecule has 2 atom stereocenters. The number of carbonyl (C=O) groups is 1. The van der Waals surface area contributed by atoms with E-state index in [4.69, 9.17) is 4.74 Å². The number of anilines is 2. The fourth-order valence-corrected chi connectivity index (χ4v) is 4.45. The number of fused-ring (bicyclic) bond motifs is 2. The van der Waals surface area contributed by atoms with E-state index in [1.54, 1.807) is 36.4 Å². The summed E-state index contributed by atoms with van der Waals surface area (Å²) in [6.07, 6.45) is 2.25. The number of hydrogen-bond donors (Lipinski definition) is 3. The second-order valence-electron chi connectivity index (χ2n) is 8.79. The molecule has 5 heterocycles. The van der Waals surface area contributed by atoms with Crippen LogP contribution >= 0.6 is 0 Å². The van der Waals surface area contributed by atoms with Crippen LogP contribution in [0.3, 0.4) is 0 Å². The number of aliphatic hydroxyl groups excluding tert-OH is 1. The lowest BCUT2D eigenvalue weighted by Crippen LogP contribution is -2.52. The van der Waals surface area contributed by atoms with Crippen molar-refractivity contribution in [1.82, 2.24) is 24.9 Å². The van der Waals surface area contributed by atoms with E-state index in [2.05, 4.69) is 25.7 Å². The van der Waals surface area contributed by atoms with Gasteiger partial charge in [0.1, 0.15) is 11.2 Å². The van der Waals surface area contributed by atoms with Crippen LogP contribution in [-0.4, -0.2) is 74.9 Å². The van der Waals surface area contributed by atoms with Gasteiger partial charge in [-0.2, -0.15) is 10.1 Å². The first kappa shape index (κ1) is 22.4. The Bertz CT molecular complexity index is 1220. The van der Waals surface area contributed by atoms with E-state index in [1.807, 2.05) is 0 Å². The summed E-state index contributed by atoms with van der Waals surface area (Å²) in [6, 6.07) is 2.94. The molecule has 1 saturated heterocycles. The summed E-state index contributed by atoms with van der Waals surface area (Å²) in [4.78, 5) is 23.9. The molecule has 12 heteroatoms. The largest absolute Gasteiger partial charge is 0.468 e. The highest BCUT2D eigenvalue weighted by molar-refractivity contribution is 6.09. The minimum absolute atomic E-state index is 0.212. The molecule has 0 radical (unpaired) electrons. The van der Waals surface area contributed by atoms with Gasteiger partial charge < -0.3 is 25.4 Å². The second-order valence-corrected chi connectivity index (χ2v) is 8.79. The van der Waals surface area contributed by atoms with Crippen LogP contribution in [0, 0.1) is 0 Å². The van der Waals surface area contributed by atoms with Gasteiger partial charge in [-0.05, 0) is 19.1 Å². The number of amides is 1. The Labute approximate surface area is 193 Å². The van der Waals surface area contributed by atoms with Crippen molar-refractivity contribution in [3.63, 3.8) is 0 Å². The van der Waals surface area contributed by atoms with Gasteiger partial charge in [-0.15, -0.1) is 0 Å². The van der Waals surface area contributed by atoms with E-state index in [9.17, 15) is 18.7 Å². The van der Waals surface area contributed by atoms with Gasteiger partial charge in [-0.25, -0.2) is 18.3 Å². The van der Waals surface area contributed by atoms with Crippen molar-refractivity contribution in [2.75, 3.05) is 36.5 Å². The molecule has 3 aromatic heterocycles. The Morgan fingerprint density at radius 1 is 1.47 bits per heavy atom. The third-order valence-corrected chi connectivity index (χ3v) is 6.13. The molecule has 2 aliphatic rings. The number of rotatable bonds is 6. The number of alkyl halides is 2. The molecule has 3 N–H and O–H groups in total. The summed E-state index contributed by atoms with van der Waals surface area (Å²) < 4.78 is 34.0. The van der Waals surface area contributed by atoms with Crippen LogP contribution in [0.1, 0.15) is 29.3 Å². The molecule has 0 aliphatic carbocycles. The van der Waals surface area contributed by atoms with Gasteiger partial charge in [0.15, 0.2) is 11.5 Å². The zero-order valence-electron chi connectivity index (χ0n) is 18.5. The van der Waals surface area contributed by atoms with E-state index in [0.29, 0.717) is 54.7 Å². The number of hydrogen-bond acceptors (Lipinski definition) is 8. The van der Waals surface area contributed by atoms with Crippen LogP contribution in [0.15, 0.2) is 30.7 Å². The molecule has 0 aromatic carbocycles. The molecule has 1 unspecified atom stereocenters. The van der Waals surface area contributed by atoms with Crippen LogP contribution in [0.25, 0.3) is 5.65 Å². The van der Waals surface area contributed by atoms with Crippen LogP contribution in [-0.2, 0) is 6.42 Å². The minimum atomic E-state index is -2.49. The van der Waals surface area contributed by atoms with E-state index >= 15 is 0 Å². The predicted molar refractivity (Wildman–Crippen MR) is 120 cm³/mol. The standard InChI is InChI=1S/C22H25F2N7O3/c1-22(12-32)9-13-7-16(28-20(33)15-11-27-31-5-2-3-26-18(15)31)19(29-21(13)34-22)30-6-4-25-10-14(30)8-17(23)24/h2-3,5,7,11,14,17,25,32H,4,6,8-10,12H2,1H3,(H,28,33)/t14?,22-/m1/s1. The monoisotopic (exact) mass is 473 g/mol. The van der Waals surface area contributed by atoms with Gasteiger partial charge in [-0.3, -0.25) is 4.79 Å². The highest BCUT2D eigenvalue weighted by atomic mass is 19.3. The first-order valence-electron chi connectivity index (χ1n) is 11.1. The lowest BCUT2D eigenvalue weighted by molar-refractivity contribution is 0.0416. The van der Waals surface area contributed by atoms with Crippen LogP contribution in [0.5, 0.6) is 5.88 Å². The number of aliphatic hydroxyl groups is 1. The lowest BCUT2D eigenvalue weighted by Gasteiger charge is -2.38. The van der Waals surface area contributed by atoms with Crippen molar-refractivity contribution in [2.24, 2.45) is 0 Å². The lowest BCUT2D eigenvalue weighted by atomic mass is 10.0. The van der Waals surface area contributed by atoms with Crippen molar-refractivity contribution in [3.8, 4) is 5.88 Å².